The smallest absolute Gasteiger partial charge is 0.138 e. The van der Waals surface area contributed by atoms with Crippen molar-refractivity contribution in [2.75, 3.05) is 13.2 Å². The molecule has 0 fully saturated rings. The largest absolute Gasteiger partial charge is 0.390 e. The molecule has 1 aromatic rings. The minimum Gasteiger partial charge on any atom is -0.390 e. The molecule has 0 spiro atoms. The molecule has 1 atom stereocenters. The molecule has 5 heteroatoms. The number of ether oxygens (including phenoxy) is 1. The van der Waals surface area contributed by atoms with Gasteiger partial charge in [-0.15, -0.1) is 0 Å². The molecular formula is C11H21N3O2. The molecule has 0 saturated heterocycles. The van der Waals surface area contributed by atoms with Crippen LogP contribution in [0.15, 0.2) is 6.33 Å². The third kappa shape index (κ3) is 4.28. The van der Waals surface area contributed by atoms with E-state index in [0.29, 0.717) is 19.6 Å². The Bertz CT molecular complexity index is 289. The van der Waals surface area contributed by atoms with Crippen LogP contribution in [-0.4, -0.2) is 39.2 Å². The van der Waals surface area contributed by atoms with Crippen molar-refractivity contribution in [3.63, 3.8) is 0 Å². The number of hydrogen-bond acceptors (Lipinski definition) is 4. The molecule has 0 aliphatic carbocycles. The van der Waals surface area contributed by atoms with Crippen LogP contribution < -0.4 is 0 Å². The van der Waals surface area contributed by atoms with Crippen LogP contribution in [0.25, 0.3) is 0 Å². The Hall–Kier alpha value is -0.940. The van der Waals surface area contributed by atoms with Crippen LogP contribution in [0.5, 0.6) is 0 Å². The van der Waals surface area contributed by atoms with Crippen LogP contribution in [0.4, 0.5) is 0 Å². The van der Waals surface area contributed by atoms with Gasteiger partial charge in [0.05, 0.1) is 12.7 Å². The maximum absolute atomic E-state index is 9.73. The van der Waals surface area contributed by atoms with Gasteiger partial charge in [0.1, 0.15) is 12.2 Å². The van der Waals surface area contributed by atoms with E-state index in [-0.39, 0.29) is 0 Å². The zero-order valence-electron chi connectivity index (χ0n) is 10.1. The summed E-state index contributed by atoms with van der Waals surface area (Å²) in [6.45, 7) is 6.04. The van der Waals surface area contributed by atoms with Gasteiger partial charge in [0.2, 0.25) is 0 Å². The van der Waals surface area contributed by atoms with Crippen LogP contribution in [0, 0.1) is 0 Å². The number of aromatic nitrogens is 3. The highest BCUT2D eigenvalue weighted by atomic mass is 16.5. The molecule has 1 N–H and O–H groups in total. The number of hydrogen-bond donors (Lipinski definition) is 1. The third-order valence-electron chi connectivity index (χ3n) is 2.21. The molecule has 1 heterocycles. The van der Waals surface area contributed by atoms with Crippen molar-refractivity contribution in [3.8, 4) is 0 Å². The van der Waals surface area contributed by atoms with E-state index in [9.17, 15) is 5.11 Å². The van der Waals surface area contributed by atoms with Gasteiger partial charge >= 0.3 is 0 Å². The molecule has 0 amide bonds. The Kier molecular flexibility index (Phi) is 6.03. The number of nitrogens with zero attached hydrogens (tertiary/aromatic N) is 3. The van der Waals surface area contributed by atoms with E-state index >= 15 is 0 Å². The first-order valence-electron chi connectivity index (χ1n) is 5.90. The van der Waals surface area contributed by atoms with Crippen LogP contribution >= 0.6 is 0 Å². The molecule has 1 aromatic heterocycles. The Morgan fingerprint density at radius 2 is 2.25 bits per heavy atom. The fourth-order valence-corrected chi connectivity index (χ4v) is 1.48. The highest BCUT2D eigenvalue weighted by Gasteiger charge is 2.10. The Balaban J connectivity index is 2.36. The standard InChI is InChI=1S/C11H21N3O2/c1-3-5-14-11(12-9-13-14)7-10(15)8-16-6-4-2/h9-10,15H,3-8H2,1-2H3. The highest BCUT2D eigenvalue weighted by Crippen LogP contribution is 2.01. The molecular weight excluding hydrogens is 206 g/mol. The first-order valence-corrected chi connectivity index (χ1v) is 5.90. The third-order valence-corrected chi connectivity index (χ3v) is 2.21. The Morgan fingerprint density at radius 3 is 2.94 bits per heavy atom. The lowest BCUT2D eigenvalue weighted by molar-refractivity contribution is 0.0359. The summed E-state index contributed by atoms with van der Waals surface area (Å²) in [5.74, 6) is 0.828. The van der Waals surface area contributed by atoms with Crippen LogP contribution in [0.2, 0.25) is 0 Å². The zero-order chi connectivity index (χ0) is 11.8. The van der Waals surface area contributed by atoms with Crippen LogP contribution in [0.3, 0.4) is 0 Å². The average Bonchev–Trinajstić information content (AvgIpc) is 2.67. The van der Waals surface area contributed by atoms with E-state index in [1.165, 1.54) is 6.33 Å². The minimum atomic E-state index is -0.494. The van der Waals surface area contributed by atoms with Gasteiger partial charge in [0.25, 0.3) is 0 Å². The number of aliphatic hydroxyl groups excluding tert-OH is 1. The monoisotopic (exact) mass is 227 g/mol. The Labute approximate surface area is 96.5 Å². The van der Waals surface area contributed by atoms with Gasteiger partial charge in [-0.3, -0.25) is 4.68 Å². The van der Waals surface area contributed by atoms with Gasteiger partial charge < -0.3 is 9.84 Å². The number of aryl methyl sites for hydroxylation is 1. The van der Waals surface area contributed by atoms with E-state index in [2.05, 4.69) is 17.0 Å². The van der Waals surface area contributed by atoms with Gasteiger partial charge in [-0.25, -0.2) is 4.98 Å². The first kappa shape index (κ1) is 13.1. The summed E-state index contributed by atoms with van der Waals surface area (Å²) in [6, 6.07) is 0. The summed E-state index contributed by atoms with van der Waals surface area (Å²) in [6.07, 6.45) is 3.53. The lowest BCUT2D eigenvalue weighted by Crippen LogP contribution is -2.21. The maximum atomic E-state index is 9.73. The van der Waals surface area contributed by atoms with Gasteiger partial charge in [-0.05, 0) is 12.8 Å². The normalized spacial score (nSPS) is 12.9. The van der Waals surface area contributed by atoms with Crippen LogP contribution in [-0.2, 0) is 17.7 Å². The molecule has 1 rings (SSSR count). The number of rotatable bonds is 8. The van der Waals surface area contributed by atoms with Crippen molar-refractivity contribution in [1.82, 2.24) is 14.8 Å². The van der Waals surface area contributed by atoms with Gasteiger partial charge in [-0.1, -0.05) is 13.8 Å². The summed E-state index contributed by atoms with van der Waals surface area (Å²) in [5, 5.41) is 13.8. The van der Waals surface area contributed by atoms with Gasteiger partial charge in [-0.2, -0.15) is 5.10 Å². The molecule has 0 aliphatic rings. The summed E-state index contributed by atoms with van der Waals surface area (Å²) in [4.78, 5) is 4.14. The van der Waals surface area contributed by atoms with Gasteiger partial charge in [0.15, 0.2) is 0 Å². The van der Waals surface area contributed by atoms with Crippen molar-refractivity contribution in [1.29, 1.82) is 0 Å². The predicted molar refractivity (Wildman–Crippen MR) is 61.1 cm³/mol. The van der Waals surface area contributed by atoms with Crippen molar-refractivity contribution < 1.29 is 9.84 Å². The quantitative estimate of drug-likeness (QED) is 0.674. The molecule has 0 saturated carbocycles. The van der Waals surface area contributed by atoms with Crippen molar-refractivity contribution in [2.45, 2.75) is 45.8 Å². The fourth-order valence-electron chi connectivity index (χ4n) is 1.48. The average molecular weight is 227 g/mol. The van der Waals surface area contributed by atoms with E-state index in [4.69, 9.17) is 4.74 Å². The van der Waals surface area contributed by atoms with Crippen molar-refractivity contribution >= 4 is 0 Å². The zero-order valence-corrected chi connectivity index (χ0v) is 10.1. The molecule has 5 nitrogen and oxygen atoms in total. The minimum absolute atomic E-state index is 0.368. The fraction of sp³-hybridized carbons (Fsp3) is 0.818. The molecule has 1 unspecified atom stereocenters. The second kappa shape index (κ2) is 7.35. The van der Waals surface area contributed by atoms with Crippen molar-refractivity contribution in [3.05, 3.63) is 12.2 Å². The maximum Gasteiger partial charge on any atom is 0.138 e. The topological polar surface area (TPSA) is 60.2 Å². The lowest BCUT2D eigenvalue weighted by Gasteiger charge is -2.11. The second-order valence-electron chi connectivity index (χ2n) is 3.83. The molecule has 0 radical (unpaired) electrons. The number of aliphatic hydroxyl groups is 1. The summed E-state index contributed by atoms with van der Waals surface area (Å²) in [7, 11) is 0. The molecule has 0 bridgehead atoms. The summed E-state index contributed by atoms with van der Waals surface area (Å²) < 4.78 is 7.12. The van der Waals surface area contributed by atoms with Crippen molar-refractivity contribution in [2.24, 2.45) is 0 Å². The van der Waals surface area contributed by atoms with E-state index in [0.717, 1.165) is 25.2 Å². The highest BCUT2D eigenvalue weighted by molar-refractivity contribution is 4.87. The first-order chi connectivity index (χ1) is 7.77. The van der Waals surface area contributed by atoms with E-state index in [1.54, 1.807) is 0 Å². The molecule has 0 aromatic carbocycles. The molecule has 16 heavy (non-hydrogen) atoms. The summed E-state index contributed by atoms with van der Waals surface area (Å²) in [5.41, 5.74) is 0. The predicted octanol–water partition coefficient (Wildman–Crippen LogP) is 1.02. The van der Waals surface area contributed by atoms with E-state index < -0.39 is 6.10 Å². The SMILES string of the molecule is CCCOCC(O)Cc1ncnn1CCC. The molecule has 92 valence electrons. The molecule has 0 aliphatic heterocycles. The van der Waals surface area contributed by atoms with Crippen LogP contribution in [0.1, 0.15) is 32.5 Å². The summed E-state index contributed by atoms with van der Waals surface area (Å²) >= 11 is 0. The lowest BCUT2D eigenvalue weighted by atomic mass is 10.2. The van der Waals surface area contributed by atoms with E-state index in [1.807, 2.05) is 11.6 Å². The Morgan fingerprint density at radius 1 is 1.44 bits per heavy atom. The van der Waals surface area contributed by atoms with Gasteiger partial charge in [0, 0.05) is 19.6 Å². The second-order valence-corrected chi connectivity index (χ2v) is 3.83.